The first kappa shape index (κ1) is 25.8. The first-order valence-corrected chi connectivity index (χ1v) is 12.8. The minimum Gasteiger partial charge on any atom is -0.465 e. The van der Waals surface area contributed by atoms with Gasteiger partial charge in [0.1, 0.15) is 13.2 Å². The van der Waals surface area contributed by atoms with Gasteiger partial charge in [-0.25, -0.2) is 0 Å². The van der Waals surface area contributed by atoms with Crippen molar-refractivity contribution < 1.29 is 19.1 Å². The van der Waals surface area contributed by atoms with Crippen LogP contribution in [0.5, 0.6) is 0 Å². The second kappa shape index (κ2) is 15.4. The number of thioether (sulfide) groups is 2. The Morgan fingerprint density at radius 2 is 1.06 bits per heavy atom. The smallest absolute Gasteiger partial charge is 0.306 e. The molecular weight excluding hydrogens is 440 g/mol. The standard InChI is InChI=1S/C26H30O4S2/c1-3-21-5-9-23(10-6-21)19-31-17-15-29-25(27)13-14-26(28)30-16-18-32-20-24-11-7-22(4-2)8-12-24/h3-12H,1-2,13-20H2. The van der Waals surface area contributed by atoms with Gasteiger partial charge in [0, 0.05) is 23.0 Å². The van der Waals surface area contributed by atoms with E-state index in [4.69, 9.17) is 9.47 Å². The van der Waals surface area contributed by atoms with Gasteiger partial charge in [0.2, 0.25) is 0 Å². The van der Waals surface area contributed by atoms with Crippen molar-refractivity contribution in [2.75, 3.05) is 24.7 Å². The van der Waals surface area contributed by atoms with Crippen molar-refractivity contribution in [3.8, 4) is 0 Å². The molecule has 2 aromatic carbocycles. The molecule has 0 N–H and O–H groups in total. The van der Waals surface area contributed by atoms with Crippen molar-refractivity contribution in [3.63, 3.8) is 0 Å². The number of esters is 2. The predicted octanol–water partition coefficient (Wildman–Crippen LogP) is 6.01. The van der Waals surface area contributed by atoms with E-state index in [0.29, 0.717) is 24.7 Å². The van der Waals surface area contributed by atoms with Gasteiger partial charge in [0.15, 0.2) is 0 Å². The summed E-state index contributed by atoms with van der Waals surface area (Å²) in [5, 5.41) is 0. The molecule has 170 valence electrons. The molecule has 0 amide bonds. The van der Waals surface area contributed by atoms with Crippen LogP contribution in [-0.2, 0) is 30.6 Å². The van der Waals surface area contributed by atoms with E-state index in [1.54, 1.807) is 23.5 Å². The quantitative estimate of drug-likeness (QED) is 0.235. The van der Waals surface area contributed by atoms with Crippen molar-refractivity contribution in [2.45, 2.75) is 24.3 Å². The number of hydrogen-bond acceptors (Lipinski definition) is 6. The maximum atomic E-state index is 11.8. The average molecular weight is 471 g/mol. The van der Waals surface area contributed by atoms with E-state index < -0.39 is 0 Å². The molecule has 0 heterocycles. The van der Waals surface area contributed by atoms with E-state index in [1.165, 1.54) is 11.1 Å². The molecule has 0 bridgehead atoms. The molecule has 0 aliphatic rings. The highest BCUT2D eigenvalue weighted by molar-refractivity contribution is 7.98. The Balaban J connectivity index is 1.45. The Kier molecular flexibility index (Phi) is 12.4. The van der Waals surface area contributed by atoms with E-state index in [-0.39, 0.29) is 24.8 Å². The molecule has 32 heavy (non-hydrogen) atoms. The summed E-state index contributed by atoms with van der Waals surface area (Å²) in [7, 11) is 0. The number of carbonyl (C=O) groups is 2. The highest BCUT2D eigenvalue weighted by Gasteiger charge is 2.09. The minimum atomic E-state index is -0.366. The van der Waals surface area contributed by atoms with Crippen molar-refractivity contribution in [2.24, 2.45) is 0 Å². The Morgan fingerprint density at radius 3 is 1.41 bits per heavy atom. The fourth-order valence-electron chi connectivity index (χ4n) is 2.66. The normalized spacial score (nSPS) is 10.4. The molecule has 0 aliphatic carbocycles. The second-order valence-electron chi connectivity index (χ2n) is 6.94. The Labute approximate surface area is 199 Å². The van der Waals surface area contributed by atoms with Gasteiger partial charge in [0.25, 0.3) is 0 Å². The summed E-state index contributed by atoms with van der Waals surface area (Å²) >= 11 is 3.40. The van der Waals surface area contributed by atoms with Crippen molar-refractivity contribution in [1.82, 2.24) is 0 Å². The predicted molar refractivity (Wildman–Crippen MR) is 137 cm³/mol. The third kappa shape index (κ3) is 10.7. The molecular formula is C26H30O4S2. The Hall–Kier alpha value is -2.44. The van der Waals surface area contributed by atoms with Gasteiger partial charge in [-0.2, -0.15) is 23.5 Å². The van der Waals surface area contributed by atoms with E-state index in [1.807, 2.05) is 36.4 Å². The highest BCUT2D eigenvalue weighted by Crippen LogP contribution is 2.15. The van der Waals surface area contributed by atoms with Gasteiger partial charge < -0.3 is 9.47 Å². The molecule has 0 aromatic heterocycles. The molecule has 0 saturated carbocycles. The fourth-order valence-corrected chi connectivity index (χ4v) is 4.20. The third-order valence-electron chi connectivity index (χ3n) is 4.48. The van der Waals surface area contributed by atoms with Crippen LogP contribution >= 0.6 is 23.5 Å². The van der Waals surface area contributed by atoms with Crippen LogP contribution < -0.4 is 0 Å². The van der Waals surface area contributed by atoms with E-state index in [9.17, 15) is 9.59 Å². The van der Waals surface area contributed by atoms with Gasteiger partial charge in [0.05, 0.1) is 12.8 Å². The van der Waals surface area contributed by atoms with Crippen molar-refractivity contribution in [3.05, 3.63) is 83.9 Å². The summed E-state index contributed by atoms with van der Waals surface area (Å²) < 4.78 is 10.4. The lowest BCUT2D eigenvalue weighted by atomic mass is 10.1. The largest absolute Gasteiger partial charge is 0.465 e. The summed E-state index contributed by atoms with van der Waals surface area (Å²) in [5.74, 6) is 2.42. The van der Waals surface area contributed by atoms with Crippen molar-refractivity contribution >= 4 is 47.6 Å². The molecule has 0 spiro atoms. The summed E-state index contributed by atoms with van der Waals surface area (Å²) in [5.41, 5.74) is 4.64. The molecule has 0 aliphatic heterocycles. The van der Waals surface area contributed by atoms with E-state index in [0.717, 1.165) is 22.6 Å². The van der Waals surface area contributed by atoms with Gasteiger partial charge in [-0.3, -0.25) is 9.59 Å². The molecule has 6 heteroatoms. The van der Waals surface area contributed by atoms with Gasteiger partial charge in [-0.15, -0.1) is 0 Å². The summed E-state index contributed by atoms with van der Waals surface area (Å²) in [6.45, 7) is 8.16. The fraction of sp³-hybridized carbons (Fsp3) is 0.308. The van der Waals surface area contributed by atoms with Crippen LogP contribution in [0.3, 0.4) is 0 Å². The highest BCUT2D eigenvalue weighted by atomic mass is 32.2. The molecule has 2 rings (SSSR count). The molecule has 0 saturated heterocycles. The lowest BCUT2D eigenvalue weighted by Crippen LogP contribution is -2.12. The number of rotatable bonds is 15. The van der Waals surface area contributed by atoms with Gasteiger partial charge in [-0.1, -0.05) is 73.8 Å². The minimum absolute atomic E-state index is 0.0509. The van der Waals surface area contributed by atoms with Crippen LogP contribution in [0.4, 0.5) is 0 Å². The average Bonchev–Trinajstić information content (AvgIpc) is 2.83. The zero-order chi connectivity index (χ0) is 23.0. The van der Waals surface area contributed by atoms with Crippen molar-refractivity contribution in [1.29, 1.82) is 0 Å². The maximum absolute atomic E-state index is 11.8. The van der Waals surface area contributed by atoms with E-state index in [2.05, 4.69) is 37.4 Å². The van der Waals surface area contributed by atoms with Crippen LogP contribution in [0.25, 0.3) is 12.2 Å². The van der Waals surface area contributed by atoms with E-state index >= 15 is 0 Å². The summed E-state index contributed by atoms with van der Waals surface area (Å²) in [4.78, 5) is 23.5. The van der Waals surface area contributed by atoms with Crippen LogP contribution in [-0.4, -0.2) is 36.7 Å². The Bertz CT molecular complexity index is 787. The maximum Gasteiger partial charge on any atom is 0.306 e. The SMILES string of the molecule is C=Cc1ccc(CSCCOC(=O)CCC(=O)OCCSCc2ccc(C=C)cc2)cc1. The van der Waals surface area contributed by atoms with Gasteiger partial charge >= 0.3 is 11.9 Å². The zero-order valence-corrected chi connectivity index (χ0v) is 19.9. The summed E-state index contributed by atoms with van der Waals surface area (Å²) in [6, 6.07) is 16.4. The molecule has 0 fully saturated rings. The number of hydrogen-bond donors (Lipinski definition) is 0. The second-order valence-corrected chi connectivity index (χ2v) is 9.15. The first-order valence-electron chi connectivity index (χ1n) is 10.5. The lowest BCUT2D eigenvalue weighted by Gasteiger charge is -2.07. The molecule has 2 aromatic rings. The third-order valence-corrected chi connectivity index (χ3v) is 6.47. The van der Waals surface area contributed by atoms with Crippen LogP contribution in [0, 0.1) is 0 Å². The molecule has 4 nitrogen and oxygen atoms in total. The van der Waals surface area contributed by atoms with Crippen LogP contribution in [0.1, 0.15) is 35.1 Å². The first-order chi connectivity index (χ1) is 15.6. The lowest BCUT2D eigenvalue weighted by molar-refractivity contribution is -0.149. The molecule has 0 atom stereocenters. The Morgan fingerprint density at radius 1 is 0.688 bits per heavy atom. The van der Waals surface area contributed by atoms with Crippen LogP contribution in [0.15, 0.2) is 61.7 Å². The zero-order valence-electron chi connectivity index (χ0n) is 18.3. The monoisotopic (exact) mass is 470 g/mol. The number of ether oxygens (including phenoxy) is 2. The summed E-state index contributed by atoms with van der Waals surface area (Å²) in [6.07, 6.45) is 3.73. The van der Waals surface area contributed by atoms with Gasteiger partial charge in [-0.05, 0) is 22.3 Å². The topological polar surface area (TPSA) is 52.6 Å². The van der Waals surface area contributed by atoms with Crippen LogP contribution in [0.2, 0.25) is 0 Å². The number of benzene rings is 2. The number of carbonyl (C=O) groups excluding carboxylic acids is 2. The molecule has 0 unspecified atom stereocenters. The molecule has 0 radical (unpaired) electrons.